The number of nitro groups is 1. The van der Waals surface area contributed by atoms with Crippen LogP contribution in [0.15, 0.2) is 65.6 Å². The summed E-state index contributed by atoms with van der Waals surface area (Å²) in [6.45, 7) is 1.63. The second-order valence-corrected chi connectivity index (χ2v) is 9.20. The summed E-state index contributed by atoms with van der Waals surface area (Å²) in [6, 6.07) is 13.7. The highest BCUT2D eigenvalue weighted by Crippen LogP contribution is 2.36. The second kappa shape index (κ2) is 11.4. The number of amides is 2. The molecule has 0 radical (unpaired) electrons. The van der Waals surface area contributed by atoms with Crippen molar-refractivity contribution >= 4 is 52.2 Å². The Morgan fingerprint density at radius 3 is 2.61 bits per heavy atom. The summed E-state index contributed by atoms with van der Waals surface area (Å²) < 4.78 is 25.1. The van der Waals surface area contributed by atoms with Crippen LogP contribution in [-0.2, 0) is 11.3 Å². The number of benzene rings is 3. The summed E-state index contributed by atoms with van der Waals surface area (Å²) >= 11 is 6.73. The van der Waals surface area contributed by atoms with Crippen molar-refractivity contribution in [1.82, 2.24) is 4.90 Å². The Bertz CT molecular complexity index is 1470. The molecule has 0 saturated carbocycles. The molecular weight excluding hydrogens is 539 g/mol. The van der Waals surface area contributed by atoms with Gasteiger partial charge in [0.15, 0.2) is 11.5 Å². The molecule has 3 aromatic rings. The van der Waals surface area contributed by atoms with Gasteiger partial charge in [-0.3, -0.25) is 24.6 Å². The fourth-order valence-electron chi connectivity index (χ4n) is 3.50. The zero-order valence-corrected chi connectivity index (χ0v) is 21.3. The number of esters is 1. The van der Waals surface area contributed by atoms with E-state index in [1.165, 1.54) is 54.6 Å². The number of non-ortho nitro benzene ring substituents is 1. The Morgan fingerprint density at radius 2 is 1.89 bits per heavy atom. The third-order valence-electron chi connectivity index (χ3n) is 5.31. The number of nitro benzene ring substituents is 1. The average Bonchev–Trinajstić information content (AvgIpc) is 3.15. The Morgan fingerprint density at radius 1 is 1.13 bits per heavy atom. The molecule has 0 N–H and O–H groups in total. The van der Waals surface area contributed by atoms with Crippen molar-refractivity contribution < 1.29 is 33.2 Å². The van der Waals surface area contributed by atoms with Crippen LogP contribution in [0.25, 0.3) is 6.08 Å². The molecular formula is C26H18ClFN2O7S. The van der Waals surface area contributed by atoms with Crippen molar-refractivity contribution in [3.05, 3.63) is 103 Å². The number of nitrogens with zero attached hydrogens (tertiary/aromatic N) is 2. The molecule has 2 amide bonds. The molecule has 0 aliphatic carbocycles. The lowest BCUT2D eigenvalue weighted by Gasteiger charge is -2.14. The van der Waals surface area contributed by atoms with Crippen molar-refractivity contribution in [3.63, 3.8) is 0 Å². The summed E-state index contributed by atoms with van der Waals surface area (Å²) in [4.78, 5) is 49.4. The van der Waals surface area contributed by atoms with Gasteiger partial charge in [-0.2, -0.15) is 0 Å². The number of carbonyl (C=O) groups excluding carboxylic acids is 3. The lowest BCUT2D eigenvalue weighted by Crippen LogP contribution is -2.28. The van der Waals surface area contributed by atoms with Gasteiger partial charge in [-0.15, -0.1) is 0 Å². The molecule has 1 saturated heterocycles. The second-order valence-electron chi connectivity index (χ2n) is 7.80. The highest BCUT2D eigenvalue weighted by atomic mass is 35.5. The standard InChI is InChI=1S/C26H18ClFN2O7S/c1-2-36-22-11-15(9-10-21(22)37-25(32)16-5-3-6-17(13-16)30(34)35)12-23-24(31)29(26(33)38-23)14-18-19(27)7-4-8-20(18)28/h3-13H,2,14H2,1H3/b23-12-. The van der Waals surface area contributed by atoms with Crippen LogP contribution in [0.4, 0.5) is 14.9 Å². The minimum atomic E-state index is -0.824. The van der Waals surface area contributed by atoms with Crippen molar-refractivity contribution in [2.45, 2.75) is 13.5 Å². The minimum Gasteiger partial charge on any atom is -0.490 e. The zero-order valence-electron chi connectivity index (χ0n) is 19.7. The van der Waals surface area contributed by atoms with Gasteiger partial charge in [-0.25, -0.2) is 9.18 Å². The van der Waals surface area contributed by atoms with E-state index in [2.05, 4.69) is 0 Å². The van der Waals surface area contributed by atoms with Gasteiger partial charge in [0, 0.05) is 22.7 Å². The van der Waals surface area contributed by atoms with Crippen molar-refractivity contribution in [2.75, 3.05) is 6.61 Å². The summed E-state index contributed by atoms with van der Waals surface area (Å²) in [6.07, 6.45) is 1.46. The fourth-order valence-corrected chi connectivity index (χ4v) is 4.56. The maximum Gasteiger partial charge on any atom is 0.343 e. The van der Waals surface area contributed by atoms with E-state index in [4.69, 9.17) is 21.1 Å². The molecule has 12 heteroatoms. The van der Waals surface area contributed by atoms with Gasteiger partial charge in [0.05, 0.1) is 28.5 Å². The van der Waals surface area contributed by atoms with E-state index < -0.39 is 27.9 Å². The summed E-state index contributed by atoms with van der Waals surface area (Å²) in [5.74, 6) is -1.83. The fraction of sp³-hybridized carbons (Fsp3) is 0.115. The summed E-state index contributed by atoms with van der Waals surface area (Å²) in [5, 5.41) is 10.5. The van der Waals surface area contributed by atoms with Gasteiger partial charge in [-0.05, 0) is 60.7 Å². The molecule has 0 bridgehead atoms. The van der Waals surface area contributed by atoms with Gasteiger partial charge < -0.3 is 9.47 Å². The maximum atomic E-state index is 14.2. The number of imide groups is 1. The highest BCUT2D eigenvalue weighted by Gasteiger charge is 2.36. The number of rotatable bonds is 8. The number of halogens is 2. The third kappa shape index (κ3) is 5.84. The van der Waals surface area contributed by atoms with Crippen molar-refractivity contribution in [1.29, 1.82) is 0 Å². The molecule has 0 unspecified atom stereocenters. The molecule has 38 heavy (non-hydrogen) atoms. The van der Waals surface area contributed by atoms with Gasteiger partial charge in [0.2, 0.25) is 0 Å². The van der Waals surface area contributed by atoms with Crippen LogP contribution in [0.5, 0.6) is 11.5 Å². The number of ether oxygens (including phenoxy) is 2. The van der Waals surface area contributed by atoms with E-state index >= 15 is 0 Å². The first kappa shape index (κ1) is 26.8. The molecule has 4 rings (SSSR count). The van der Waals surface area contributed by atoms with Gasteiger partial charge in [-0.1, -0.05) is 29.8 Å². The number of thioether (sulfide) groups is 1. The third-order valence-corrected chi connectivity index (χ3v) is 6.57. The summed E-state index contributed by atoms with van der Waals surface area (Å²) in [5.41, 5.74) is 0.227. The smallest absolute Gasteiger partial charge is 0.343 e. The Labute approximate surface area is 224 Å². The quantitative estimate of drug-likeness (QED) is 0.105. The van der Waals surface area contributed by atoms with Crippen molar-refractivity contribution in [3.8, 4) is 11.5 Å². The molecule has 0 aromatic heterocycles. The lowest BCUT2D eigenvalue weighted by atomic mass is 10.1. The summed E-state index contributed by atoms with van der Waals surface area (Å²) in [7, 11) is 0. The number of hydrogen-bond acceptors (Lipinski definition) is 8. The number of carbonyl (C=O) groups is 3. The SMILES string of the molecule is CCOc1cc(/C=C2\SC(=O)N(Cc3c(F)cccc3Cl)C2=O)ccc1OC(=O)c1cccc([N+](=O)[O-])c1. The monoisotopic (exact) mass is 556 g/mol. The predicted molar refractivity (Wildman–Crippen MR) is 139 cm³/mol. The molecule has 1 aliphatic heterocycles. The van der Waals surface area contributed by atoms with Crippen molar-refractivity contribution in [2.24, 2.45) is 0 Å². The molecule has 1 heterocycles. The lowest BCUT2D eigenvalue weighted by molar-refractivity contribution is -0.384. The average molecular weight is 557 g/mol. The first-order chi connectivity index (χ1) is 18.2. The molecule has 1 fully saturated rings. The first-order valence-electron chi connectivity index (χ1n) is 11.1. The Kier molecular flexibility index (Phi) is 8.08. The Hall–Kier alpha value is -4.22. The van der Waals surface area contributed by atoms with Crippen LogP contribution < -0.4 is 9.47 Å². The topological polar surface area (TPSA) is 116 Å². The normalized spacial score (nSPS) is 14.2. The van der Waals surface area contributed by atoms with Crippen LogP contribution in [0.3, 0.4) is 0 Å². The van der Waals surface area contributed by atoms with E-state index in [1.54, 1.807) is 13.0 Å². The van der Waals surface area contributed by atoms with Gasteiger partial charge in [0.25, 0.3) is 16.8 Å². The molecule has 1 aliphatic rings. The minimum absolute atomic E-state index is 0.0191. The van der Waals surface area contributed by atoms with Gasteiger partial charge in [0.1, 0.15) is 5.82 Å². The molecule has 0 spiro atoms. The van der Waals surface area contributed by atoms with Crippen LogP contribution in [-0.4, -0.2) is 33.5 Å². The van der Waals surface area contributed by atoms with E-state index in [1.807, 2.05) is 0 Å². The highest BCUT2D eigenvalue weighted by molar-refractivity contribution is 8.18. The molecule has 0 atom stereocenters. The van der Waals surface area contributed by atoms with E-state index in [-0.39, 0.29) is 51.4 Å². The Balaban J connectivity index is 1.55. The molecule has 194 valence electrons. The zero-order chi connectivity index (χ0) is 27.4. The van der Waals surface area contributed by atoms with Crippen LogP contribution in [0, 0.1) is 15.9 Å². The molecule has 9 nitrogen and oxygen atoms in total. The van der Waals surface area contributed by atoms with E-state index in [9.17, 15) is 28.9 Å². The maximum absolute atomic E-state index is 14.2. The largest absolute Gasteiger partial charge is 0.490 e. The van der Waals surface area contributed by atoms with E-state index in [0.717, 1.165) is 11.0 Å². The number of hydrogen-bond donors (Lipinski definition) is 0. The van der Waals surface area contributed by atoms with Crippen LogP contribution in [0.1, 0.15) is 28.4 Å². The molecule has 3 aromatic carbocycles. The van der Waals surface area contributed by atoms with E-state index in [0.29, 0.717) is 17.3 Å². The van der Waals surface area contributed by atoms with Crippen LogP contribution >= 0.6 is 23.4 Å². The van der Waals surface area contributed by atoms with Gasteiger partial charge >= 0.3 is 5.97 Å². The predicted octanol–water partition coefficient (Wildman–Crippen LogP) is 6.24. The van der Waals surface area contributed by atoms with Crippen LogP contribution in [0.2, 0.25) is 5.02 Å². The first-order valence-corrected chi connectivity index (χ1v) is 12.3.